The van der Waals surface area contributed by atoms with Gasteiger partial charge in [0.25, 0.3) is 0 Å². The Bertz CT molecular complexity index is 3540. The maximum Gasteiger partial charge on any atom is 0.164 e. The molecule has 0 spiro atoms. The first-order valence-corrected chi connectivity index (χ1v) is 21.2. The van der Waals surface area contributed by atoms with Gasteiger partial charge < -0.3 is 4.90 Å². The first kappa shape index (κ1) is 36.3. The third-order valence-corrected chi connectivity index (χ3v) is 12.0. The van der Waals surface area contributed by atoms with Crippen LogP contribution in [0, 0.1) is 0 Å². The monoisotopic (exact) mass is 803 g/mol. The second kappa shape index (κ2) is 15.2. The van der Waals surface area contributed by atoms with E-state index in [0.29, 0.717) is 17.5 Å². The molecule has 0 bridgehead atoms. The van der Waals surface area contributed by atoms with Crippen LogP contribution in [0.2, 0.25) is 0 Å². The molecule has 0 aliphatic heterocycles. The van der Waals surface area contributed by atoms with E-state index in [2.05, 4.69) is 169 Å². The summed E-state index contributed by atoms with van der Waals surface area (Å²) in [4.78, 5) is 22.8. The van der Waals surface area contributed by atoms with E-state index in [1.54, 1.807) is 0 Å². The summed E-state index contributed by atoms with van der Waals surface area (Å²) in [6, 6.07) is 79.0. The molecule has 0 N–H and O–H groups in total. The lowest BCUT2D eigenvalue weighted by molar-refractivity contribution is 1.07. The van der Waals surface area contributed by atoms with Gasteiger partial charge in [-0.2, -0.15) is 0 Å². The van der Waals surface area contributed by atoms with Gasteiger partial charge in [-0.3, -0.25) is 0 Å². The molecular weight excluding hydrogens is 767 g/mol. The van der Waals surface area contributed by atoms with Gasteiger partial charge in [-0.05, 0) is 80.8 Å². The van der Waals surface area contributed by atoms with Crippen LogP contribution in [0.5, 0.6) is 0 Å². The average Bonchev–Trinajstić information content (AvgIpc) is 3.36. The van der Waals surface area contributed by atoms with Crippen molar-refractivity contribution >= 4 is 71.1 Å². The first-order chi connectivity index (χ1) is 31.2. The summed E-state index contributed by atoms with van der Waals surface area (Å²) in [6.45, 7) is 0. The van der Waals surface area contributed by atoms with Gasteiger partial charge in [0.05, 0.1) is 11.2 Å². The number of nitrogens with zero attached hydrogens (tertiary/aromatic N) is 5. The minimum Gasteiger partial charge on any atom is -0.310 e. The van der Waals surface area contributed by atoms with Gasteiger partial charge in [0, 0.05) is 55.5 Å². The van der Waals surface area contributed by atoms with E-state index < -0.39 is 0 Å². The third-order valence-electron chi connectivity index (χ3n) is 12.0. The second-order valence-electron chi connectivity index (χ2n) is 15.9. The molecule has 294 valence electrons. The van der Waals surface area contributed by atoms with E-state index >= 15 is 0 Å². The molecule has 5 heteroatoms. The molecule has 0 radical (unpaired) electrons. The summed E-state index contributed by atoms with van der Waals surface area (Å²) in [5.41, 5.74) is 8.96. The zero-order valence-corrected chi connectivity index (χ0v) is 34.1. The van der Waals surface area contributed by atoms with Gasteiger partial charge in [0.15, 0.2) is 17.5 Å². The lowest BCUT2D eigenvalue weighted by Gasteiger charge is -2.26. The molecule has 0 amide bonds. The molecule has 5 nitrogen and oxygen atoms in total. The number of pyridine rings is 1. The molecule has 0 saturated heterocycles. The molecule has 2 heterocycles. The number of aromatic nitrogens is 4. The number of benzene rings is 10. The Kier molecular flexibility index (Phi) is 8.75. The molecular formula is C58H37N5. The highest BCUT2D eigenvalue weighted by Crippen LogP contribution is 2.41. The number of rotatable bonds is 7. The third kappa shape index (κ3) is 6.60. The van der Waals surface area contributed by atoms with E-state index in [-0.39, 0.29) is 0 Å². The van der Waals surface area contributed by atoms with Crippen LogP contribution in [0.3, 0.4) is 0 Å². The number of fused-ring (bicyclic) bond motifs is 7. The molecule has 12 aromatic rings. The predicted molar refractivity (Wildman–Crippen MR) is 262 cm³/mol. The van der Waals surface area contributed by atoms with Gasteiger partial charge in [0.2, 0.25) is 0 Å². The highest BCUT2D eigenvalue weighted by molar-refractivity contribution is 6.22. The Labute approximate surface area is 364 Å². The van der Waals surface area contributed by atoms with Crippen molar-refractivity contribution in [2.45, 2.75) is 0 Å². The summed E-state index contributed by atoms with van der Waals surface area (Å²) in [6.07, 6.45) is 0. The summed E-state index contributed by atoms with van der Waals surface area (Å²) in [5, 5.41) is 10.4. The zero-order chi connectivity index (χ0) is 41.7. The quantitative estimate of drug-likeness (QED) is 0.150. The fourth-order valence-electron chi connectivity index (χ4n) is 8.91. The Morgan fingerprint density at radius 2 is 0.746 bits per heavy atom. The lowest BCUT2D eigenvalue weighted by Crippen LogP contribution is -2.10. The second-order valence-corrected chi connectivity index (χ2v) is 15.9. The maximum absolute atomic E-state index is 5.36. The number of hydrogen-bond donors (Lipinski definition) is 0. The molecule has 12 rings (SSSR count). The fourth-order valence-corrected chi connectivity index (χ4v) is 8.91. The van der Waals surface area contributed by atoms with Crippen LogP contribution >= 0.6 is 0 Å². The van der Waals surface area contributed by atoms with Crippen molar-refractivity contribution in [1.82, 2.24) is 19.9 Å². The van der Waals surface area contributed by atoms with Gasteiger partial charge in [-0.25, -0.2) is 19.9 Å². The van der Waals surface area contributed by atoms with Crippen LogP contribution in [-0.2, 0) is 0 Å². The van der Waals surface area contributed by atoms with Crippen LogP contribution in [0.15, 0.2) is 224 Å². The van der Waals surface area contributed by atoms with E-state index in [1.165, 1.54) is 21.5 Å². The Balaban J connectivity index is 1.01. The van der Waals surface area contributed by atoms with Gasteiger partial charge in [0.1, 0.15) is 0 Å². The largest absolute Gasteiger partial charge is 0.310 e. The van der Waals surface area contributed by atoms with Crippen LogP contribution < -0.4 is 4.90 Å². The average molecular weight is 804 g/mol. The van der Waals surface area contributed by atoms with Crippen LogP contribution in [-0.4, -0.2) is 19.9 Å². The van der Waals surface area contributed by atoms with E-state index in [1.807, 2.05) is 60.7 Å². The zero-order valence-electron chi connectivity index (χ0n) is 34.1. The number of para-hydroxylation sites is 1. The highest BCUT2D eigenvalue weighted by Gasteiger charge is 2.18. The van der Waals surface area contributed by atoms with Crippen LogP contribution in [0.4, 0.5) is 17.1 Å². The first-order valence-electron chi connectivity index (χ1n) is 21.2. The summed E-state index contributed by atoms with van der Waals surface area (Å²) < 4.78 is 0. The topological polar surface area (TPSA) is 54.8 Å². The smallest absolute Gasteiger partial charge is 0.164 e. The lowest BCUT2D eigenvalue weighted by atomic mass is 9.94. The Morgan fingerprint density at radius 1 is 0.270 bits per heavy atom. The van der Waals surface area contributed by atoms with Crippen molar-refractivity contribution in [2.75, 3.05) is 4.90 Å². The minimum absolute atomic E-state index is 0.623. The van der Waals surface area contributed by atoms with Crippen molar-refractivity contribution in [3.05, 3.63) is 224 Å². The van der Waals surface area contributed by atoms with E-state index in [0.717, 1.165) is 77.5 Å². The van der Waals surface area contributed by atoms with Gasteiger partial charge >= 0.3 is 0 Å². The van der Waals surface area contributed by atoms with Crippen LogP contribution in [0.25, 0.3) is 99.4 Å². The van der Waals surface area contributed by atoms with E-state index in [4.69, 9.17) is 19.9 Å². The predicted octanol–water partition coefficient (Wildman–Crippen LogP) is 15.2. The molecule has 0 atom stereocenters. The maximum atomic E-state index is 5.36. The molecule has 0 aliphatic rings. The molecule has 63 heavy (non-hydrogen) atoms. The van der Waals surface area contributed by atoms with Crippen molar-refractivity contribution in [1.29, 1.82) is 0 Å². The fraction of sp³-hybridized carbons (Fsp3) is 0. The highest BCUT2D eigenvalue weighted by atomic mass is 15.1. The summed E-state index contributed by atoms with van der Waals surface area (Å²) in [7, 11) is 0. The van der Waals surface area contributed by atoms with Crippen molar-refractivity contribution in [3.8, 4) is 45.4 Å². The SMILES string of the molecule is c1ccc(-c2nc(-c3ccccc3)nc(-c3ccc4ccc5c(-c6ccc(N(c7ccc8ccccc8c7)c7ccc8ccccc8c7)cc6)nc6ccccc6c5c4c3)n2)cc1. The molecule has 0 unspecified atom stereocenters. The molecule has 10 aromatic carbocycles. The van der Waals surface area contributed by atoms with E-state index in [9.17, 15) is 0 Å². The minimum atomic E-state index is 0.623. The summed E-state index contributed by atoms with van der Waals surface area (Å²) >= 11 is 0. The normalized spacial score (nSPS) is 11.5. The van der Waals surface area contributed by atoms with Crippen molar-refractivity contribution in [2.24, 2.45) is 0 Å². The summed E-state index contributed by atoms with van der Waals surface area (Å²) in [5.74, 6) is 1.90. The molecule has 0 saturated carbocycles. The van der Waals surface area contributed by atoms with Crippen LogP contribution in [0.1, 0.15) is 0 Å². The van der Waals surface area contributed by atoms with Crippen molar-refractivity contribution in [3.63, 3.8) is 0 Å². The Morgan fingerprint density at radius 3 is 1.37 bits per heavy atom. The standard InChI is InChI=1S/C58H37N5/c1-3-15-42(16-4-1)56-60-57(43-17-5-2-6-18-43)62-58(61-56)46-24-23-40-29-34-51-54(52(40)37-46)50-21-11-12-22-53(50)59-55(51)41-27-30-47(31-28-41)63(48-32-25-38-13-7-9-19-44(38)35-48)49-33-26-39-14-8-10-20-45(39)36-49/h1-37H. The van der Waals surface area contributed by atoms with Crippen molar-refractivity contribution < 1.29 is 0 Å². The molecule has 0 fully saturated rings. The molecule has 2 aromatic heterocycles. The van der Waals surface area contributed by atoms with Gasteiger partial charge in [-0.1, -0.05) is 176 Å². The number of anilines is 3. The van der Waals surface area contributed by atoms with Gasteiger partial charge in [-0.15, -0.1) is 0 Å². The molecule has 0 aliphatic carbocycles. The number of hydrogen-bond acceptors (Lipinski definition) is 5. The Hall–Kier alpha value is -8.54.